The molecule has 2 aromatic carbocycles. The average molecular weight is 632 g/mol. The number of alkyl halides is 3. The maximum Gasteiger partial charge on any atom is 0.573 e. The number of thiazole rings is 1. The number of rotatable bonds is 14. The normalized spacial score (nSPS) is 12.1. The van der Waals surface area contributed by atoms with Gasteiger partial charge in [-0.15, -0.1) is 36.9 Å². The molecule has 0 aliphatic heterocycles. The van der Waals surface area contributed by atoms with Crippen molar-refractivity contribution in [3.8, 4) is 40.8 Å². The Balaban J connectivity index is 0.00000216. The second kappa shape index (κ2) is 17.6. The Morgan fingerprint density at radius 2 is 1.82 bits per heavy atom. The first-order valence-corrected chi connectivity index (χ1v) is 14.5. The topological polar surface area (TPSA) is 87.1 Å². The van der Waals surface area contributed by atoms with E-state index in [2.05, 4.69) is 17.1 Å². The first kappa shape index (κ1) is 35.8. The van der Waals surface area contributed by atoms with E-state index in [4.69, 9.17) is 24.3 Å². The summed E-state index contributed by atoms with van der Waals surface area (Å²) in [6.07, 6.45) is 5.22. The van der Waals surface area contributed by atoms with Crippen molar-refractivity contribution in [3.05, 3.63) is 81.9 Å². The number of aliphatic carboxylic acids is 1. The molecule has 0 aliphatic rings. The van der Waals surface area contributed by atoms with Gasteiger partial charge in [0.25, 0.3) is 0 Å². The molecule has 7 nitrogen and oxygen atoms in total. The van der Waals surface area contributed by atoms with Crippen LogP contribution in [0.1, 0.15) is 49.6 Å². The fourth-order valence-electron chi connectivity index (χ4n) is 3.60. The van der Waals surface area contributed by atoms with E-state index in [0.717, 1.165) is 28.2 Å². The van der Waals surface area contributed by atoms with Crippen molar-refractivity contribution >= 4 is 17.3 Å². The highest BCUT2D eigenvalue weighted by Gasteiger charge is 2.31. The molecule has 0 fully saturated rings. The van der Waals surface area contributed by atoms with E-state index in [-0.39, 0.29) is 18.5 Å². The third-order valence-electron chi connectivity index (χ3n) is 5.74. The van der Waals surface area contributed by atoms with Gasteiger partial charge in [0.15, 0.2) is 6.61 Å². The van der Waals surface area contributed by atoms with Gasteiger partial charge in [-0.3, -0.25) is 0 Å². The Morgan fingerprint density at radius 1 is 1.16 bits per heavy atom. The summed E-state index contributed by atoms with van der Waals surface area (Å²) >= 11 is 1.39. The standard InChI is InChI=1S/C30H32F3NO6S.C3H4/c1-5-20(4)39-23-12-10-21(11-13-23)29-26(9-7-8-22(6-2)40-30(31,32)33)41-27(34-29)17-37-24-14-15-25(19(3)16-24)38-18-28(35)36;1-3-2/h6-8,10-16,20H,5,9,17-18H2,1-4H3,(H,35,36);1H,2H3/b8-7-,22-6+;. The molecule has 3 aromatic rings. The summed E-state index contributed by atoms with van der Waals surface area (Å²) in [5.41, 5.74) is 2.25. The lowest BCUT2D eigenvalue weighted by Gasteiger charge is -2.12. The third kappa shape index (κ3) is 12.4. The largest absolute Gasteiger partial charge is 0.573 e. The fraction of sp³-hybridized carbons (Fsp3) is 0.333. The molecule has 44 heavy (non-hydrogen) atoms. The number of hydrogen-bond acceptors (Lipinski definition) is 7. The van der Waals surface area contributed by atoms with Gasteiger partial charge in [0.1, 0.15) is 34.6 Å². The van der Waals surface area contributed by atoms with Crippen LogP contribution in [0.5, 0.6) is 17.2 Å². The summed E-state index contributed by atoms with van der Waals surface area (Å²) in [5.74, 6) is 2.61. The van der Waals surface area contributed by atoms with Crippen LogP contribution in [0.3, 0.4) is 0 Å². The Kier molecular flexibility index (Phi) is 14.3. The molecule has 11 heteroatoms. The molecule has 0 amide bonds. The first-order chi connectivity index (χ1) is 20.9. The zero-order valence-corrected chi connectivity index (χ0v) is 26.1. The van der Waals surface area contributed by atoms with Gasteiger partial charge in [-0.25, -0.2) is 9.78 Å². The van der Waals surface area contributed by atoms with Gasteiger partial charge in [0.05, 0.1) is 11.8 Å². The van der Waals surface area contributed by atoms with Crippen molar-refractivity contribution in [2.24, 2.45) is 0 Å². The summed E-state index contributed by atoms with van der Waals surface area (Å²) in [6.45, 7) is 8.65. The van der Waals surface area contributed by atoms with E-state index in [1.807, 2.05) is 38.1 Å². The van der Waals surface area contributed by atoms with Crippen molar-refractivity contribution in [3.63, 3.8) is 0 Å². The molecular formula is C33H36F3NO6S. The molecule has 0 radical (unpaired) electrons. The van der Waals surface area contributed by atoms with Crippen molar-refractivity contribution in [1.82, 2.24) is 4.98 Å². The van der Waals surface area contributed by atoms with E-state index in [1.165, 1.54) is 30.4 Å². The highest BCUT2D eigenvalue weighted by atomic mass is 32.1. The molecule has 0 spiro atoms. The number of ether oxygens (including phenoxy) is 4. The molecule has 1 N–H and O–H groups in total. The molecule has 236 valence electrons. The highest BCUT2D eigenvalue weighted by Crippen LogP contribution is 2.32. The number of aromatic nitrogens is 1. The number of terminal acetylenes is 1. The molecule has 1 unspecified atom stereocenters. The predicted molar refractivity (Wildman–Crippen MR) is 165 cm³/mol. The second-order valence-corrected chi connectivity index (χ2v) is 10.4. The average Bonchev–Trinajstić information content (AvgIpc) is 3.38. The van der Waals surface area contributed by atoms with Crippen LogP contribution < -0.4 is 14.2 Å². The second-order valence-electron chi connectivity index (χ2n) is 9.27. The SMILES string of the molecule is C#CC.C/C=C(\C=C/Cc1sc(COc2ccc(OCC(=O)O)c(C)c2)nc1-c1ccc(OC(C)CC)cc1)OC(F)(F)F. The van der Waals surface area contributed by atoms with Gasteiger partial charge in [0.2, 0.25) is 0 Å². The minimum atomic E-state index is -4.77. The monoisotopic (exact) mass is 631 g/mol. The van der Waals surface area contributed by atoms with Crippen molar-refractivity contribution in [2.45, 2.75) is 66.5 Å². The van der Waals surface area contributed by atoms with Crippen molar-refractivity contribution in [1.29, 1.82) is 0 Å². The van der Waals surface area contributed by atoms with Crippen LogP contribution in [0.15, 0.2) is 66.5 Å². The van der Waals surface area contributed by atoms with E-state index in [0.29, 0.717) is 28.6 Å². The number of benzene rings is 2. The van der Waals surface area contributed by atoms with E-state index < -0.39 is 18.9 Å². The summed E-state index contributed by atoms with van der Waals surface area (Å²) in [5, 5.41) is 9.49. The van der Waals surface area contributed by atoms with Crippen LogP contribution >= 0.6 is 11.3 Å². The van der Waals surface area contributed by atoms with Crippen LogP contribution in [0.25, 0.3) is 11.3 Å². The maximum absolute atomic E-state index is 12.6. The van der Waals surface area contributed by atoms with Crippen LogP contribution in [0.2, 0.25) is 0 Å². The van der Waals surface area contributed by atoms with Crippen LogP contribution in [-0.4, -0.2) is 35.1 Å². The van der Waals surface area contributed by atoms with Gasteiger partial charge >= 0.3 is 12.3 Å². The Labute approximate surface area is 260 Å². The number of aryl methyl sites for hydroxylation is 1. The zero-order valence-electron chi connectivity index (χ0n) is 25.2. The van der Waals surface area contributed by atoms with Gasteiger partial charge in [-0.05, 0) is 94.3 Å². The number of halogens is 3. The summed E-state index contributed by atoms with van der Waals surface area (Å²) in [6, 6.07) is 12.6. The predicted octanol–water partition coefficient (Wildman–Crippen LogP) is 8.52. The van der Waals surface area contributed by atoms with Gasteiger partial charge in [-0.2, -0.15) is 0 Å². The summed E-state index contributed by atoms with van der Waals surface area (Å²) in [4.78, 5) is 16.4. The van der Waals surface area contributed by atoms with Crippen molar-refractivity contribution in [2.75, 3.05) is 6.61 Å². The number of allylic oxidation sites excluding steroid dienone is 3. The van der Waals surface area contributed by atoms with Gasteiger partial charge < -0.3 is 24.1 Å². The number of nitrogens with zero attached hydrogens (tertiary/aromatic N) is 1. The molecule has 0 saturated carbocycles. The summed E-state index contributed by atoms with van der Waals surface area (Å²) < 4.78 is 59.0. The molecule has 0 aliphatic carbocycles. The van der Waals surface area contributed by atoms with E-state index in [1.54, 1.807) is 38.1 Å². The van der Waals surface area contributed by atoms with Crippen molar-refractivity contribution < 1.29 is 42.0 Å². The first-order valence-electron chi connectivity index (χ1n) is 13.7. The van der Waals surface area contributed by atoms with Gasteiger partial charge in [-0.1, -0.05) is 13.0 Å². The Morgan fingerprint density at radius 3 is 2.39 bits per heavy atom. The lowest BCUT2D eigenvalue weighted by atomic mass is 10.1. The molecule has 1 heterocycles. The molecular weight excluding hydrogens is 595 g/mol. The minimum Gasteiger partial charge on any atom is -0.491 e. The number of carboxylic acids is 1. The Bertz CT molecular complexity index is 1460. The van der Waals surface area contributed by atoms with Crippen LogP contribution in [0, 0.1) is 19.3 Å². The molecule has 3 rings (SSSR count). The van der Waals surface area contributed by atoms with Gasteiger partial charge in [0, 0.05) is 16.9 Å². The van der Waals surface area contributed by atoms with E-state index >= 15 is 0 Å². The number of carboxylic acid groups (broad SMARTS) is 1. The van der Waals surface area contributed by atoms with Crippen LogP contribution in [-0.2, 0) is 22.6 Å². The third-order valence-corrected chi connectivity index (χ3v) is 6.80. The lowest BCUT2D eigenvalue weighted by molar-refractivity contribution is -0.303. The van der Waals surface area contributed by atoms with Crippen LogP contribution in [0.4, 0.5) is 13.2 Å². The number of carbonyl (C=O) groups is 1. The molecule has 1 atom stereocenters. The quantitative estimate of drug-likeness (QED) is 0.108. The molecule has 0 saturated heterocycles. The number of hydrogen-bond donors (Lipinski definition) is 1. The van der Waals surface area contributed by atoms with E-state index in [9.17, 15) is 18.0 Å². The molecule has 1 aromatic heterocycles. The molecule has 0 bridgehead atoms. The smallest absolute Gasteiger partial charge is 0.491 e. The fourth-order valence-corrected chi connectivity index (χ4v) is 4.58. The summed E-state index contributed by atoms with van der Waals surface area (Å²) in [7, 11) is 0. The zero-order chi connectivity index (χ0) is 32.7. The highest BCUT2D eigenvalue weighted by molar-refractivity contribution is 7.12. The minimum absolute atomic E-state index is 0.0748. The lowest BCUT2D eigenvalue weighted by Crippen LogP contribution is -2.11. The Hall–Kier alpha value is -4.43. The maximum atomic E-state index is 12.6.